The summed E-state index contributed by atoms with van der Waals surface area (Å²) in [6, 6.07) is 0. The van der Waals surface area contributed by atoms with Crippen molar-refractivity contribution in [3.63, 3.8) is 0 Å². The normalized spacial score (nSPS) is 15.1. The lowest BCUT2D eigenvalue weighted by atomic mass is 9.92. The molecule has 0 radical (unpaired) electrons. The minimum Gasteiger partial charge on any atom is -0.481 e. The minimum absolute atomic E-state index is 0.125. The number of carbonyl (C=O) groups is 6. The largest absolute Gasteiger partial charge is 0.481 e. The van der Waals surface area contributed by atoms with Crippen LogP contribution in [-0.4, -0.2) is 46.0 Å². The Hall–Kier alpha value is -3.04. The van der Waals surface area contributed by atoms with E-state index in [1.807, 2.05) is 0 Å². The number of hydrogen-bond donors (Lipinski definition) is 2. The number of ether oxygens (including phenoxy) is 2. The molecule has 4 atom stereocenters. The first-order valence-corrected chi connectivity index (χ1v) is 8.61. The lowest BCUT2D eigenvalue weighted by Gasteiger charge is -2.16. The molecule has 0 spiro atoms. The molecule has 0 saturated heterocycles. The quantitative estimate of drug-likeness (QED) is 0.309. The first-order chi connectivity index (χ1) is 13.0. The third-order valence-corrected chi connectivity index (χ3v) is 4.23. The van der Waals surface area contributed by atoms with Crippen LogP contribution in [0.3, 0.4) is 0 Å². The summed E-state index contributed by atoms with van der Waals surface area (Å²) >= 11 is 0. The van der Waals surface area contributed by atoms with Gasteiger partial charge in [0.1, 0.15) is 0 Å². The standard InChI is InChI=1S/C18H24O10/c1-5-11(9(3)15(21)22)17(25)27-13(19)7-8-14(20)28-18(26)12(6-2)10(4)16(23)24/h7-12H,5-6H2,1-4H3,(H,21,22)(H,23,24)/b8-7-. The molecule has 10 nitrogen and oxygen atoms in total. The maximum Gasteiger partial charge on any atom is 0.338 e. The molecular formula is C18H24O10. The van der Waals surface area contributed by atoms with Gasteiger partial charge < -0.3 is 19.7 Å². The van der Waals surface area contributed by atoms with Crippen molar-refractivity contribution >= 4 is 35.8 Å². The van der Waals surface area contributed by atoms with Gasteiger partial charge in [-0.05, 0) is 12.8 Å². The highest BCUT2D eigenvalue weighted by Crippen LogP contribution is 2.19. The highest BCUT2D eigenvalue weighted by Gasteiger charge is 2.32. The van der Waals surface area contributed by atoms with Crippen molar-refractivity contribution in [3.8, 4) is 0 Å². The summed E-state index contributed by atoms with van der Waals surface area (Å²) < 4.78 is 8.94. The Morgan fingerprint density at radius 2 is 1.00 bits per heavy atom. The van der Waals surface area contributed by atoms with E-state index in [0.29, 0.717) is 12.2 Å². The Morgan fingerprint density at radius 3 is 1.21 bits per heavy atom. The maximum absolute atomic E-state index is 11.9. The number of esters is 4. The van der Waals surface area contributed by atoms with E-state index in [-0.39, 0.29) is 12.8 Å². The lowest BCUT2D eigenvalue weighted by molar-refractivity contribution is -0.165. The minimum atomic E-state index is -1.24. The molecular weight excluding hydrogens is 376 g/mol. The van der Waals surface area contributed by atoms with Crippen LogP contribution in [0.5, 0.6) is 0 Å². The van der Waals surface area contributed by atoms with Crippen molar-refractivity contribution in [2.24, 2.45) is 23.7 Å². The third kappa shape index (κ3) is 7.68. The monoisotopic (exact) mass is 400 g/mol. The fourth-order valence-corrected chi connectivity index (χ4v) is 2.35. The van der Waals surface area contributed by atoms with E-state index in [1.54, 1.807) is 13.8 Å². The first kappa shape index (κ1) is 25.0. The molecule has 10 heteroatoms. The first-order valence-electron chi connectivity index (χ1n) is 8.61. The Kier molecular flexibility index (Phi) is 10.4. The van der Waals surface area contributed by atoms with Gasteiger partial charge in [-0.3, -0.25) is 19.2 Å². The Bertz CT molecular complexity index is 607. The van der Waals surface area contributed by atoms with Gasteiger partial charge in [-0.25, -0.2) is 9.59 Å². The van der Waals surface area contributed by atoms with Crippen LogP contribution < -0.4 is 0 Å². The van der Waals surface area contributed by atoms with Crippen molar-refractivity contribution in [3.05, 3.63) is 12.2 Å². The topological polar surface area (TPSA) is 161 Å². The smallest absolute Gasteiger partial charge is 0.338 e. The van der Waals surface area contributed by atoms with Gasteiger partial charge in [-0.1, -0.05) is 27.7 Å². The molecule has 0 saturated carbocycles. The summed E-state index contributed by atoms with van der Waals surface area (Å²) in [7, 11) is 0. The number of carboxylic acids is 2. The van der Waals surface area contributed by atoms with Crippen molar-refractivity contribution in [1.29, 1.82) is 0 Å². The zero-order valence-electron chi connectivity index (χ0n) is 16.0. The van der Waals surface area contributed by atoms with Gasteiger partial charge in [-0.2, -0.15) is 0 Å². The summed E-state index contributed by atoms with van der Waals surface area (Å²) in [5.74, 6) is -11.3. The average Bonchev–Trinajstić information content (AvgIpc) is 2.60. The van der Waals surface area contributed by atoms with Crippen LogP contribution in [0, 0.1) is 23.7 Å². The van der Waals surface area contributed by atoms with Crippen LogP contribution in [-0.2, 0) is 38.2 Å². The molecule has 2 N–H and O–H groups in total. The van der Waals surface area contributed by atoms with Crippen LogP contribution in [0.2, 0.25) is 0 Å². The maximum atomic E-state index is 11.9. The SMILES string of the molecule is CCC(C(=O)OC(=O)/C=C\C(=O)OC(=O)C(CC)C(C)C(=O)O)C(C)C(=O)O. The van der Waals surface area contributed by atoms with E-state index < -0.39 is 59.5 Å². The highest BCUT2D eigenvalue weighted by molar-refractivity contribution is 6.00. The van der Waals surface area contributed by atoms with Gasteiger partial charge in [-0.15, -0.1) is 0 Å². The zero-order valence-corrected chi connectivity index (χ0v) is 16.0. The van der Waals surface area contributed by atoms with Crippen molar-refractivity contribution in [2.75, 3.05) is 0 Å². The lowest BCUT2D eigenvalue weighted by Crippen LogP contribution is -2.30. The van der Waals surface area contributed by atoms with Gasteiger partial charge in [0.2, 0.25) is 0 Å². The van der Waals surface area contributed by atoms with Crippen LogP contribution in [0.1, 0.15) is 40.5 Å². The predicted octanol–water partition coefficient (Wildman–Crippen LogP) is 1.18. The molecule has 0 aromatic rings. The van der Waals surface area contributed by atoms with E-state index in [4.69, 9.17) is 10.2 Å². The Labute approximate surface area is 161 Å². The predicted molar refractivity (Wildman–Crippen MR) is 92.5 cm³/mol. The van der Waals surface area contributed by atoms with Crippen LogP contribution >= 0.6 is 0 Å². The third-order valence-electron chi connectivity index (χ3n) is 4.23. The molecule has 0 heterocycles. The molecule has 0 aromatic carbocycles. The summed E-state index contributed by atoms with van der Waals surface area (Å²) in [5.41, 5.74) is 0. The second kappa shape index (κ2) is 11.6. The number of carbonyl (C=O) groups excluding carboxylic acids is 4. The molecule has 4 unspecified atom stereocenters. The van der Waals surface area contributed by atoms with Gasteiger partial charge in [0.25, 0.3) is 0 Å². The van der Waals surface area contributed by atoms with Crippen LogP contribution in [0.4, 0.5) is 0 Å². The number of aliphatic carboxylic acids is 2. The second-order valence-electron chi connectivity index (χ2n) is 6.10. The summed E-state index contributed by atoms with van der Waals surface area (Å²) in [4.78, 5) is 68.8. The van der Waals surface area contributed by atoms with Gasteiger partial charge in [0.05, 0.1) is 23.7 Å². The van der Waals surface area contributed by atoms with Crippen molar-refractivity contribution in [2.45, 2.75) is 40.5 Å². The van der Waals surface area contributed by atoms with Gasteiger partial charge in [0, 0.05) is 12.2 Å². The van der Waals surface area contributed by atoms with Crippen LogP contribution in [0.25, 0.3) is 0 Å². The molecule has 0 bridgehead atoms. The van der Waals surface area contributed by atoms with Gasteiger partial charge in [0.15, 0.2) is 0 Å². The molecule has 0 fully saturated rings. The van der Waals surface area contributed by atoms with E-state index >= 15 is 0 Å². The number of rotatable bonds is 10. The number of hydrogen-bond acceptors (Lipinski definition) is 8. The fraction of sp³-hybridized carbons (Fsp3) is 0.556. The van der Waals surface area contributed by atoms with Gasteiger partial charge >= 0.3 is 35.8 Å². The summed E-state index contributed by atoms with van der Waals surface area (Å²) in [6.07, 6.45) is 1.35. The molecule has 0 aliphatic carbocycles. The van der Waals surface area contributed by atoms with E-state index in [0.717, 1.165) is 0 Å². The molecule has 0 aromatic heterocycles. The number of carboxylic acid groups (broad SMARTS) is 2. The fourth-order valence-electron chi connectivity index (χ4n) is 2.35. The molecule has 156 valence electrons. The van der Waals surface area contributed by atoms with E-state index in [9.17, 15) is 28.8 Å². The van der Waals surface area contributed by atoms with E-state index in [1.165, 1.54) is 13.8 Å². The van der Waals surface area contributed by atoms with E-state index in [2.05, 4.69) is 9.47 Å². The Balaban J connectivity index is 4.82. The highest BCUT2D eigenvalue weighted by atomic mass is 16.6. The van der Waals surface area contributed by atoms with Crippen molar-refractivity contribution < 1.29 is 48.5 Å². The molecule has 0 rings (SSSR count). The molecule has 0 amide bonds. The Morgan fingerprint density at radius 1 is 0.714 bits per heavy atom. The second-order valence-corrected chi connectivity index (χ2v) is 6.10. The van der Waals surface area contributed by atoms with Crippen LogP contribution in [0.15, 0.2) is 12.2 Å². The molecule has 0 aliphatic rings. The summed E-state index contributed by atoms with van der Waals surface area (Å²) in [6.45, 7) is 5.69. The molecule has 0 aliphatic heterocycles. The average molecular weight is 400 g/mol. The van der Waals surface area contributed by atoms with Crippen molar-refractivity contribution in [1.82, 2.24) is 0 Å². The molecule has 28 heavy (non-hydrogen) atoms. The summed E-state index contributed by atoms with van der Waals surface area (Å²) in [5, 5.41) is 17.9. The zero-order chi connectivity index (χ0) is 22.0.